The lowest BCUT2D eigenvalue weighted by atomic mass is 10.1. The minimum absolute atomic E-state index is 0.117. The van der Waals surface area contributed by atoms with Gasteiger partial charge >= 0.3 is 0 Å². The summed E-state index contributed by atoms with van der Waals surface area (Å²) in [4.78, 5) is 15.4. The fraction of sp³-hybridized carbons (Fsp3) is 0.333. The number of nitro groups is 1. The first-order chi connectivity index (χ1) is 12.0. The van der Waals surface area contributed by atoms with E-state index in [0.717, 1.165) is 35.8 Å². The number of nitrogens with zero attached hydrogens (tertiary/aromatic N) is 3. The molecule has 1 fully saturated rings. The van der Waals surface area contributed by atoms with Crippen LogP contribution in [0.15, 0.2) is 36.4 Å². The lowest BCUT2D eigenvalue weighted by Gasteiger charge is -2.36. The number of halogens is 1. The lowest BCUT2D eigenvalue weighted by Crippen LogP contribution is -2.46. The standard InChI is InChI=1S/C18H21ClN4O2/c1-13-10-18(23(24)25)17(11-16(13)20)22-8-6-21(7-9-22)12-14-4-2-3-5-15(14)19/h2-5,10-11H,6-9,12,20H2,1H3. The van der Waals surface area contributed by atoms with Gasteiger partial charge in [-0.2, -0.15) is 0 Å². The number of nitrogen functional groups attached to an aromatic ring is 1. The van der Waals surface area contributed by atoms with Gasteiger partial charge in [-0.25, -0.2) is 0 Å². The Hall–Kier alpha value is -2.31. The van der Waals surface area contributed by atoms with Crippen molar-refractivity contribution in [2.24, 2.45) is 0 Å². The molecular weight excluding hydrogens is 340 g/mol. The third-order valence-corrected chi connectivity index (χ3v) is 4.99. The molecule has 0 bridgehead atoms. The van der Waals surface area contributed by atoms with Crippen molar-refractivity contribution in [3.8, 4) is 0 Å². The molecule has 2 N–H and O–H groups in total. The Morgan fingerprint density at radius 2 is 1.88 bits per heavy atom. The predicted molar refractivity (Wildman–Crippen MR) is 101 cm³/mol. The van der Waals surface area contributed by atoms with Gasteiger partial charge in [-0.3, -0.25) is 15.0 Å². The topological polar surface area (TPSA) is 75.6 Å². The van der Waals surface area contributed by atoms with Crippen LogP contribution in [0.2, 0.25) is 5.02 Å². The number of benzene rings is 2. The van der Waals surface area contributed by atoms with Crippen molar-refractivity contribution < 1.29 is 4.92 Å². The van der Waals surface area contributed by atoms with E-state index in [1.54, 1.807) is 19.1 Å². The summed E-state index contributed by atoms with van der Waals surface area (Å²) >= 11 is 6.23. The van der Waals surface area contributed by atoms with E-state index in [9.17, 15) is 10.1 Å². The molecule has 0 spiro atoms. The summed E-state index contributed by atoms with van der Waals surface area (Å²) in [7, 11) is 0. The zero-order chi connectivity index (χ0) is 18.0. The van der Waals surface area contributed by atoms with E-state index in [0.29, 0.717) is 24.5 Å². The molecular formula is C18H21ClN4O2. The molecule has 3 rings (SSSR count). The van der Waals surface area contributed by atoms with Crippen LogP contribution in [-0.4, -0.2) is 36.0 Å². The average Bonchev–Trinajstić information content (AvgIpc) is 2.59. The second kappa shape index (κ2) is 7.29. The number of piperazine rings is 1. The van der Waals surface area contributed by atoms with E-state index in [1.807, 2.05) is 29.2 Å². The second-order valence-corrected chi connectivity index (χ2v) is 6.72. The highest BCUT2D eigenvalue weighted by atomic mass is 35.5. The van der Waals surface area contributed by atoms with E-state index < -0.39 is 0 Å². The number of nitro benzene ring substituents is 1. The smallest absolute Gasteiger partial charge is 0.292 e. The zero-order valence-electron chi connectivity index (χ0n) is 14.1. The minimum Gasteiger partial charge on any atom is -0.398 e. The molecule has 0 radical (unpaired) electrons. The highest BCUT2D eigenvalue weighted by Gasteiger charge is 2.25. The van der Waals surface area contributed by atoms with Crippen LogP contribution in [0, 0.1) is 17.0 Å². The van der Waals surface area contributed by atoms with Crippen molar-refractivity contribution >= 4 is 28.7 Å². The van der Waals surface area contributed by atoms with Crippen molar-refractivity contribution in [2.75, 3.05) is 36.8 Å². The van der Waals surface area contributed by atoms with E-state index in [-0.39, 0.29) is 10.6 Å². The Balaban J connectivity index is 1.71. The molecule has 7 heteroatoms. The molecule has 6 nitrogen and oxygen atoms in total. The first kappa shape index (κ1) is 17.5. The van der Waals surface area contributed by atoms with Crippen molar-refractivity contribution in [3.05, 3.63) is 62.7 Å². The molecule has 1 aliphatic heterocycles. The van der Waals surface area contributed by atoms with Gasteiger partial charge in [-0.15, -0.1) is 0 Å². The molecule has 0 amide bonds. The summed E-state index contributed by atoms with van der Waals surface area (Å²) in [5.41, 5.74) is 9.10. The molecule has 1 aliphatic rings. The molecule has 25 heavy (non-hydrogen) atoms. The maximum Gasteiger partial charge on any atom is 0.292 e. The molecule has 1 heterocycles. The third kappa shape index (κ3) is 3.86. The molecule has 1 saturated heterocycles. The van der Waals surface area contributed by atoms with Gasteiger partial charge in [0.25, 0.3) is 5.69 Å². The fourth-order valence-corrected chi connectivity index (χ4v) is 3.31. The van der Waals surface area contributed by atoms with Crippen LogP contribution < -0.4 is 10.6 Å². The molecule has 2 aromatic carbocycles. The van der Waals surface area contributed by atoms with E-state index in [4.69, 9.17) is 17.3 Å². The normalized spacial score (nSPS) is 15.4. The minimum atomic E-state index is -0.335. The van der Waals surface area contributed by atoms with Gasteiger partial charge in [0, 0.05) is 49.5 Å². The highest BCUT2D eigenvalue weighted by Crippen LogP contribution is 2.33. The molecule has 0 atom stereocenters. The van der Waals surface area contributed by atoms with Crippen LogP contribution >= 0.6 is 11.6 Å². The van der Waals surface area contributed by atoms with Crippen molar-refractivity contribution in [1.82, 2.24) is 4.90 Å². The van der Waals surface area contributed by atoms with Crippen LogP contribution in [0.4, 0.5) is 17.1 Å². The van der Waals surface area contributed by atoms with E-state index >= 15 is 0 Å². The molecule has 132 valence electrons. The first-order valence-corrected chi connectivity index (χ1v) is 8.58. The average molecular weight is 361 g/mol. The van der Waals surface area contributed by atoms with Gasteiger partial charge in [0.05, 0.1) is 4.92 Å². The molecule has 0 unspecified atom stereocenters. The second-order valence-electron chi connectivity index (χ2n) is 6.31. The van der Waals surface area contributed by atoms with Gasteiger partial charge in [-0.1, -0.05) is 29.8 Å². The summed E-state index contributed by atoms with van der Waals surface area (Å²) in [6.45, 7) is 5.63. The van der Waals surface area contributed by atoms with Gasteiger partial charge < -0.3 is 10.6 Å². The number of hydrogen-bond donors (Lipinski definition) is 1. The summed E-state index contributed by atoms with van der Waals surface area (Å²) < 4.78 is 0. The Labute approximate surface area is 151 Å². The number of rotatable bonds is 4. The van der Waals surface area contributed by atoms with Crippen LogP contribution in [-0.2, 0) is 6.54 Å². The maximum absolute atomic E-state index is 11.4. The summed E-state index contributed by atoms with van der Waals surface area (Å²) in [6.07, 6.45) is 0. The Kier molecular flexibility index (Phi) is 5.11. The molecule has 0 aliphatic carbocycles. The zero-order valence-corrected chi connectivity index (χ0v) is 14.9. The molecule has 0 aromatic heterocycles. The molecule has 2 aromatic rings. The third-order valence-electron chi connectivity index (χ3n) is 4.62. The van der Waals surface area contributed by atoms with Crippen LogP contribution in [0.1, 0.15) is 11.1 Å². The number of anilines is 2. The monoisotopic (exact) mass is 360 g/mol. The Bertz CT molecular complexity index is 789. The Morgan fingerprint density at radius 3 is 2.52 bits per heavy atom. The van der Waals surface area contributed by atoms with Gasteiger partial charge in [0.15, 0.2) is 0 Å². The van der Waals surface area contributed by atoms with Crippen LogP contribution in [0.3, 0.4) is 0 Å². The summed E-state index contributed by atoms with van der Waals surface area (Å²) in [5, 5.41) is 12.2. The van der Waals surface area contributed by atoms with E-state index in [1.165, 1.54) is 0 Å². The maximum atomic E-state index is 11.4. The highest BCUT2D eigenvalue weighted by molar-refractivity contribution is 6.31. The first-order valence-electron chi connectivity index (χ1n) is 8.21. The largest absolute Gasteiger partial charge is 0.398 e. The van der Waals surface area contributed by atoms with Crippen LogP contribution in [0.5, 0.6) is 0 Å². The van der Waals surface area contributed by atoms with E-state index in [2.05, 4.69) is 4.90 Å². The predicted octanol–water partition coefficient (Wildman–Crippen LogP) is 3.46. The lowest BCUT2D eigenvalue weighted by molar-refractivity contribution is -0.384. The summed E-state index contributed by atoms with van der Waals surface area (Å²) in [5.74, 6) is 0. The number of aryl methyl sites for hydroxylation is 1. The van der Waals surface area contributed by atoms with Crippen molar-refractivity contribution in [2.45, 2.75) is 13.5 Å². The van der Waals surface area contributed by atoms with Gasteiger partial charge in [-0.05, 0) is 30.2 Å². The van der Waals surface area contributed by atoms with Gasteiger partial charge in [0.2, 0.25) is 0 Å². The number of nitrogens with two attached hydrogens (primary N) is 1. The fourth-order valence-electron chi connectivity index (χ4n) is 3.11. The Morgan fingerprint density at radius 1 is 1.20 bits per heavy atom. The summed E-state index contributed by atoms with van der Waals surface area (Å²) in [6, 6.07) is 11.1. The van der Waals surface area contributed by atoms with Crippen molar-refractivity contribution in [3.63, 3.8) is 0 Å². The SMILES string of the molecule is Cc1cc([N+](=O)[O-])c(N2CCN(Cc3ccccc3Cl)CC2)cc1N. The van der Waals surface area contributed by atoms with Crippen LogP contribution in [0.25, 0.3) is 0 Å². The van der Waals surface area contributed by atoms with Gasteiger partial charge in [0.1, 0.15) is 5.69 Å². The van der Waals surface area contributed by atoms with Crippen molar-refractivity contribution in [1.29, 1.82) is 0 Å². The number of hydrogen-bond acceptors (Lipinski definition) is 5. The quantitative estimate of drug-likeness (QED) is 0.513. The molecule has 0 saturated carbocycles.